The minimum atomic E-state index is -0.258. The molecule has 0 aliphatic carbocycles. The van der Waals surface area contributed by atoms with E-state index in [4.69, 9.17) is 9.47 Å². The van der Waals surface area contributed by atoms with Crippen molar-refractivity contribution >= 4 is 67.5 Å². The Hall–Kier alpha value is -1.36. The average Bonchev–Trinajstić information content (AvgIpc) is 2.96. The number of halogens is 2. The largest absolute Gasteiger partial charge is 0.488 e. The van der Waals surface area contributed by atoms with Gasteiger partial charge in [-0.2, -0.15) is 0 Å². The number of benzene rings is 2. The molecule has 1 saturated heterocycles. The van der Waals surface area contributed by atoms with Crippen LogP contribution < -0.4 is 4.74 Å². The van der Waals surface area contributed by atoms with Crippen molar-refractivity contribution in [2.24, 2.45) is 0 Å². The van der Waals surface area contributed by atoms with E-state index in [-0.39, 0.29) is 11.1 Å². The fraction of sp³-hybridized carbons (Fsp3) is 0.238. The zero-order chi connectivity index (χ0) is 20.8. The van der Waals surface area contributed by atoms with Crippen LogP contribution in [0.1, 0.15) is 17.5 Å². The first-order chi connectivity index (χ1) is 14.0. The lowest BCUT2D eigenvalue weighted by molar-refractivity contribution is -0.122. The molecule has 0 aromatic heterocycles. The topological polar surface area (TPSA) is 55.8 Å². The number of methoxy groups -OCH3 is 1. The van der Waals surface area contributed by atoms with Gasteiger partial charge in [0, 0.05) is 23.8 Å². The number of imide groups is 1. The van der Waals surface area contributed by atoms with Crippen molar-refractivity contribution in [2.45, 2.75) is 13.0 Å². The molecule has 5 nitrogen and oxygen atoms in total. The van der Waals surface area contributed by atoms with E-state index in [1.54, 1.807) is 13.2 Å². The number of rotatable bonds is 8. The lowest BCUT2D eigenvalue weighted by Crippen LogP contribution is -2.29. The Balaban J connectivity index is 1.65. The second-order valence-corrected chi connectivity index (χ2v) is 9.38. The number of nitrogens with zero attached hydrogens (tertiary/aromatic N) is 1. The monoisotopic (exact) mass is 587 g/mol. The summed E-state index contributed by atoms with van der Waals surface area (Å²) in [5.74, 6) is 0.458. The Morgan fingerprint density at radius 3 is 2.62 bits per heavy atom. The number of carbonyl (C=O) groups is 2. The van der Waals surface area contributed by atoms with Crippen molar-refractivity contribution in [3.8, 4) is 5.75 Å². The van der Waals surface area contributed by atoms with E-state index in [0.29, 0.717) is 36.8 Å². The molecule has 0 N–H and O–H groups in total. The molecule has 2 aromatic rings. The third-order valence-corrected chi connectivity index (χ3v) is 6.41. The third-order valence-electron chi connectivity index (χ3n) is 4.17. The number of ether oxygens (including phenoxy) is 2. The van der Waals surface area contributed by atoms with Gasteiger partial charge in [-0.3, -0.25) is 14.5 Å². The molecule has 1 aliphatic rings. The SMILES string of the molecule is COCCCN1C(=O)S/C(=C/c2ccc(OCc3ccc(I)cc3)c(Br)c2)C1=O. The first-order valence-electron chi connectivity index (χ1n) is 8.89. The summed E-state index contributed by atoms with van der Waals surface area (Å²) in [6, 6.07) is 13.7. The van der Waals surface area contributed by atoms with Crippen LogP contribution in [-0.2, 0) is 16.1 Å². The van der Waals surface area contributed by atoms with Crippen molar-refractivity contribution in [3.63, 3.8) is 0 Å². The smallest absolute Gasteiger partial charge is 0.293 e. The predicted octanol–water partition coefficient (Wildman–Crippen LogP) is 5.71. The van der Waals surface area contributed by atoms with Crippen LogP contribution in [0.4, 0.5) is 4.79 Å². The second kappa shape index (κ2) is 10.6. The standard InChI is InChI=1S/C21H19BrINO4S/c1-27-10-2-9-24-20(25)19(29-21(24)26)12-15-5-8-18(17(22)11-15)28-13-14-3-6-16(23)7-4-14/h3-8,11-12H,2,9-10,13H2,1H3/b19-12+. The van der Waals surface area contributed by atoms with Crippen LogP contribution >= 0.6 is 50.3 Å². The molecule has 0 unspecified atom stereocenters. The van der Waals surface area contributed by atoms with E-state index >= 15 is 0 Å². The molecule has 8 heteroatoms. The van der Waals surface area contributed by atoms with E-state index in [1.807, 2.05) is 42.5 Å². The summed E-state index contributed by atoms with van der Waals surface area (Å²) < 4.78 is 12.8. The minimum Gasteiger partial charge on any atom is -0.488 e. The van der Waals surface area contributed by atoms with E-state index < -0.39 is 0 Å². The van der Waals surface area contributed by atoms with Gasteiger partial charge in [-0.25, -0.2) is 0 Å². The fourth-order valence-corrected chi connectivity index (χ4v) is 4.41. The van der Waals surface area contributed by atoms with Gasteiger partial charge in [0.25, 0.3) is 11.1 Å². The van der Waals surface area contributed by atoms with Gasteiger partial charge in [-0.15, -0.1) is 0 Å². The maximum Gasteiger partial charge on any atom is 0.293 e. The summed E-state index contributed by atoms with van der Waals surface area (Å²) in [6.07, 6.45) is 2.36. The number of amides is 2. The lowest BCUT2D eigenvalue weighted by atomic mass is 10.2. The lowest BCUT2D eigenvalue weighted by Gasteiger charge is -2.11. The molecular weight excluding hydrogens is 569 g/mol. The fourth-order valence-electron chi connectivity index (χ4n) is 2.68. The van der Waals surface area contributed by atoms with Crippen LogP contribution in [0.2, 0.25) is 0 Å². The average molecular weight is 588 g/mol. The molecule has 29 heavy (non-hydrogen) atoms. The van der Waals surface area contributed by atoms with Gasteiger partial charge in [0.05, 0.1) is 9.38 Å². The Bertz CT molecular complexity index is 933. The molecule has 2 amide bonds. The maximum absolute atomic E-state index is 12.5. The summed E-state index contributed by atoms with van der Waals surface area (Å²) in [5, 5.41) is -0.242. The maximum atomic E-state index is 12.5. The normalized spacial score (nSPS) is 15.4. The number of hydrogen-bond donors (Lipinski definition) is 0. The van der Waals surface area contributed by atoms with Crippen molar-refractivity contribution in [3.05, 3.63) is 66.5 Å². The molecule has 152 valence electrons. The first kappa shape index (κ1) is 22.3. The highest BCUT2D eigenvalue weighted by molar-refractivity contribution is 14.1. The zero-order valence-electron chi connectivity index (χ0n) is 15.7. The van der Waals surface area contributed by atoms with Gasteiger partial charge in [0.1, 0.15) is 12.4 Å². The molecule has 0 spiro atoms. The molecule has 3 rings (SSSR count). The van der Waals surface area contributed by atoms with Crippen LogP contribution in [0.25, 0.3) is 6.08 Å². The number of hydrogen-bond acceptors (Lipinski definition) is 5. The molecule has 1 heterocycles. The second-order valence-electron chi connectivity index (χ2n) is 6.28. The number of thioether (sulfide) groups is 1. The predicted molar refractivity (Wildman–Crippen MR) is 127 cm³/mol. The van der Waals surface area contributed by atoms with Gasteiger partial charge in [-0.05, 0) is 98.2 Å². The van der Waals surface area contributed by atoms with E-state index in [2.05, 4.69) is 38.5 Å². The molecule has 0 atom stereocenters. The Labute approximate surface area is 196 Å². The van der Waals surface area contributed by atoms with Gasteiger partial charge in [-0.1, -0.05) is 18.2 Å². The van der Waals surface area contributed by atoms with Crippen molar-refractivity contribution < 1.29 is 19.1 Å². The Morgan fingerprint density at radius 2 is 1.93 bits per heavy atom. The van der Waals surface area contributed by atoms with Crippen LogP contribution in [0, 0.1) is 3.57 Å². The first-order valence-corrected chi connectivity index (χ1v) is 11.6. The van der Waals surface area contributed by atoms with Crippen LogP contribution in [-0.4, -0.2) is 36.3 Å². The molecule has 0 radical (unpaired) electrons. The molecular formula is C21H19BrINO4S. The van der Waals surface area contributed by atoms with Crippen molar-refractivity contribution in [1.82, 2.24) is 4.90 Å². The molecule has 0 bridgehead atoms. The van der Waals surface area contributed by atoms with E-state index in [1.165, 1.54) is 8.47 Å². The minimum absolute atomic E-state index is 0.242. The van der Waals surface area contributed by atoms with E-state index in [0.717, 1.165) is 27.4 Å². The van der Waals surface area contributed by atoms with E-state index in [9.17, 15) is 9.59 Å². The molecule has 0 saturated carbocycles. The number of carbonyl (C=O) groups excluding carboxylic acids is 2. The van der Waals surface area contributed by atoms with Crippen molar-refractivity contribution in [2.75, 3.05) is 20.3 Å². The zero-order valence-corrected chi connectivity index (χ0v) is 20.3. The quantitative estimate of drug-likeness (QED) is 0.225. The van der Waals surface area contributed by atoms with Gasteiger partial charge < -0.3 is 9.47 Å². The summed E-state index contributed by atoms with van der Waals surface area (Å²) in [7, 11) is 1.60. The highest BCUT2D eigenvalue weighted by Gasteiger charge is 2.34. The Morgan fingerprint density at radius 1 is 1.17 bits per heavy atom. The molecule has 1 fully saturated rings. The molecule has 2 aromatic carbocycles. The van der Waals surface area contributed by atoms with Gasteiger partial charge >= 0.3 is 0 Å². The van der Waals surface area contributed by atoms with Gasteiger partial charge in [0.2, 0.25) is 0 Å². The van der Waals surface area contributed by atoms with Crippen molar-refractivity contribution in [1.29, 1.82) is 0 Å². The highest BCUT2D eigenvalue weighted by atomic mass is 127. The van der Waals surface area contributed by atoms with Crippen LogP contribution in [0.15, 0.2) is 51.8 Å². The third kappa shape index (κ3) is 6.07. The summed E-state index contributed by atoms with van der Waals surface area (Å²) in [4.78, 5) is 26.3. The highest BCUT2D eigenvalue weighted by Crippen LogP contribution is 2.34. The summed E-state index contributed by atoms with van der Waals surface area (Å²) >= 11 is 6.76. The van der Waals surface area contributed by atoms with Crippen LogP contribution in [0.5, 0.6) is 5.75 Å². The molecule has 1 aliphatic heterocycles. The summed E-state index contributed by atoms with van der Waals surface area (Å²) in [6.45, 7) is 1.34. The van der Waals surface area contributed by atoms with Crippen LogP contribution in [0.3, 0.4) is 0 Å². The summed E-state index contributed by atoms with van der Waals surface area (Å²) in [5.41, 5.74) is 1.91. The van der Waals surface area contributed by atoms with Gasteiger partial charge in [0.15, 0.2) is 0 Å². The Kier molecular flexibility index (Phi) is 8.16.